The van der Waals surface area contributed by atoms with Crippen LogP contribution in [-0.4, -0.2) is 49.1 Å². The number of aliphatic hydroxyl groups is 2. The van der Waals surface area contributed by atoms with Gasteiger partial charge in [-0.3, -0.25) is 4.57 Å². The van der Waals surface area contributed by atoms with E-state index in [1.54, 1.807) is 0 Å². The zero-order valence-electron chi connectivity index (χ0n) is 9.80. The largest absolute Gasteiger partial charge is 0.394 e. The summed E-state index contributed by atoms with van der Waals surface area (Å²) in [5, 5.41) is 19.0. The summed E-state index contributed by atoms with van der Waals surface area (Å²) in [5.74, 6) is 1.98. The van der Waals surface area contributed by atoms with E-state index in [1.807, 2.05) is 0 Å². The second-order valence-corrected chi connectivity index (χ2v) is 4.14. The van der Waals surface area contributed by atoms with Crippen molar-refractivity contribution in [2.24, 2.45) is 5.73 Å². The van der Waals surface area contributed by atoms with Gasteiger partial charge in [0.15, 0.2) is 11.8 Å². The van der Waals surface area contributed by atoms with Crippen LogP contribution >= 0.6 is 0 Å². The number of hydrogen-bond acceptors (Lipinski definition) is 8. The van der Waals surface area contributed by atoms with Crippen molar-refractivity contribution in [3.05, 3.63) is 16.8 Å². The Hall–Kier alpha value is -1.99. The van der Waals surface area contributed by atoms with E-state index in [4.69, 9.17) is 27.7 Å². The number of anilines is 1. The zero-order chi connectivity index (χ0) is 14.2. The first-order chi connectivity index (χ1) is 8.93. The first-order valence-electron chi connectivity index (χ1n) is 5.35. The van der Waals surface area contributed by atoms with Crippen LogP contribution in [0.2, 0.25) is 0 Å². The van der Waals surface area contributed by atoms with Crippen LogP contribution in [0.1, 0.15) is 6.23 Å². The third kappa shape index (κ3) is 1.96. The summed E-state index contributed by atoms with van der Waals surface area (Å²) in [6, 6.07) is 0. The Morgan fingerprint density at radius 3 is 2.89 bits per heavy atom. The van der Waals surface area contributed by atoms with Crippen molar-refractivity contribution < 1.29 is 14.9 Å². The lowest BCUT2D eigenvalue weighted by Crippen LogP contribution is -2.54. The van der Waals surface area contributed by atoms with Crippen molar-refractivity contribution in [1.29, 1.82) is 0 Å². The van der Waals surface area contributed by atoms with Crippen molar-refractivity contribution in [1.82, 2.24) is 14.5 Å². The Balaban J connectivity index is 2.49. The Labute approximate surface area is 107 Å². The molecule has 9 nitrogen and oxygen atoms in total. The molecule has 1 aliphatic heterocycles. The minimum Gasteiger partial charge on any atom is -0.394 e. The molecule has 0 aliphatic carbocycles. The highest BCUT2D eigenvalue weighted by Gasteiger charge is 2.54. The van der Waals surface area contributed by atoms with E-state index in [1.165, 1.54) is 0 Å². The Morgan fingerprint density at radius 2 is 2.37 bits per heavy atom. The van der Waals surface area contributed by atoms with Gasteiger partial charge in [0.25, 0.3) is 0 Å². The van der Waals surface area contributed by atoms with Gasteiger partial charge >= 0.3 is 5.69 Å². The number of nitrogens with zero attached hydrogens (tertiary/aromatic N) is 3. The van der Waals surface area contributed by atoms with Crippen LogP contribution in [-0.2, 0) is 4.74 Å². The van der Waals surface area contributed by atoms with E-state index in [-0.39, 0.29) is 5.95 Å². The smallest absolute Gasteiger partial charge is 0.354 e. The molecule has 1 unspecified atom stereocenters. The second kappa shape index (κ2) is 4.60. The van der Waals surface area contributed by atoms with Gasteiger partial charge in [0.1, 0.15) is 18.5 Å². The van der Waals surface area contributed by atoms with Crippen molar-refractivity contribution in [2.45, 2.75) is 24.0 Å². The lowest BCUT2D eigenvalue weighted by Gasteiger charge is -2.27. The Morgan fingerprint density at radius 1 is 1.68 bits per heavy atom. The second-order valence-electron chi connectivity index (χ2n) is 4.14. The first-order valence-corrected chi connectivity index (χ1v) is 5.35. The molecule has 1 aromatic rings. The van der Waals surface area contributed by atoms with Gasteiger partial charge in [-0.25, -0.2) is 9.78 Å². The SMILES string of the molecule is C#C[C@@]1(N)C(O)[C@@H](CO)O[C@H]1n1cnc(N)nc1=O. The Bertz CT molecular complexity index is 582. The van der Waals surface area contributed by atoms with Gasteiger partial charge in [0, 0.05) is 0 Å². The molecule has 2 rings (SSSR count). The molecule has 6 N–H and O–H groups in total. The minimum atomic E-state index is -1.68. The van der Waals surface area contributed by atoms with Crippen LogP contribution in [0.25, 0.3) is 0 Å². The molecule has 1 aromatic heterocycles. The number of rotatable bonds is 2. The highest BCUT2D eigenvalue weighted by atomic mass is 16.5. The van der Waals surface area contributed by atoms with Crippen molar-refractivity contribution >= 4 is 5.95 Å². The molecule has 0 aromatic carbocycles. The fraction of sp³-hybridized carbons (Fsp3) is 0.500. The van der Waals surface area contributed by atoms with Crippen molar-refractivity contribution in [3.8, 4) is 12.3 Å². The van der Waals surface area contributed by atoms with Crippen LogP contribution in [0.4, 0.5) is 5.95 Å². The lowest BCUT2D eigenvalue weighted by molar-refractivity contribution is -0.0480. The predicted molar refractivity (Wildman–Crippen MR) is 63.5 cm³/mol. The molecule has 0 spiro atoms. The van der Waals surface area contributed by atoms with Crippen LogP contribution in [0.5, 0.6) is 0 Å². The van der Waals surface area contributed by atoms with Crippen molar-refractivity contribution in [3.63, 3.8) is 0 Å². The summed E-state index contributed by atoms with van der Waals surface area (Å²) in [6.45, 7) is -0.497. The van der Waals surface area contributed by atoms with Gasteiger partial charge < -0.3 is 26.4 Å². The van der Waals surface area contributed by atoms with E-state index >= 15 is 0 Å². The summed E-state index contributed by atoms with van der Waals surface area (Å²) < 4.78 is 6.24. The Kier molecular flexibility index (Phi) is 3.25. The lowest BCUT2D eigenvalue weighted by atomic mass is 9.92. The maximum Gasteiger partial charge on any atom is 0.354 e. The topological polar surface area (TPSA) is 150 Å². The molecule has 0 saturated carbocycles. The van der Waals surface area contributed by atoms with Gasteiger partial charge in [-0.2, -0.15) is 4.98 Å². The van der Waals surface area contributed by atoms with Gasteiger partial charge in [-0.05, 0) is 0 Å². The van der Waals surface area contributed by atoms with Crippen molar-refractivity contribution in [2.75, 3.05) is 12.3 Å². The molecule has 2 heterocycles. The summed E-state index contributed by atoms with van der Waals surface area (Å²) in [7, 11) is 0. The number of aromatic nitrogens is 3. The average Bonchev–Trinajstić information content (AvgIpc) is 2.63. The number of terminal acetylenes is 1. The van der Waals surface area contributed by atoms with E-state index in [9.17, 15) is 9.90 Å². The van der Waals surface area contributed by atoms with E-state index < -0.39 is 36.3 Å². The van der Waals surface area contributed by atoms with Gasteiger partial charge in [-0.15, -0.1) is 6.42 Å². The maximum absolute atomic E-state index is 11.7. The summed E-state index contributed by atoms with van der Waals surface area (Å²) in [6.07, 6.45) is 2.84. The molecule has 1 aliphatic rings. The van der Waals surface area contributed by atoms with Gasteiger partial charge in [-0.1, -0.05) is 5.92 Å². The molecule has 4 atom stereocenters. The molecular formula is C10H13N5O4. The third-order valence-electron chi connectivity index (χ3n) is 2.98. The highest BCUT2D eigenvalue weighted by Crippen LogP contribution is 2.35. The highest BCUT2D eigenvalue weighted by molar-refractivity contribution is 5.22. The van der Waals surface area contributed by atoms with Crippen LogP contribution in [0.3, 0.4) is 0 Å². The fourth-order valence-electron chi connectivity index (χ4n) is 1.92. The summed E-state index contributed by atoms with van der Waals surface area (Å²) in [5.41, 5.74) is 8.70. The summed E-state index contributed by atoms with van der Waals surface area (Å²) >= 11 is 0. The third-order valence-corrected chi connectivity index (χ3v) is 2.98. The maximum atomic E-state index is 11.7. The molecule has 9 heteroatoms. The number of hydrogen-bond donors (Lipinski definition) is 4. The van der Waals surface area contributed by atoms with E-state index in [0.717, 1.165) is 10.9 Å². The van der Waals surface area contributed by atoms with E-state index in [0.29, 0.717) is 0 Å². The molecule has 19 heavy (non-hydrogen) atoms. The normalized spacial score (nSPS) is 34.1. The van der Waals surface area contributed by atoms with Crippen LogP contribution in [0.15, 0.2) is 11.1 Å². The zero-order valence-corrected chi connectivity index (χ0v) is 9.80. The minimum absolute atomic E-state index is 0.207. The molecule has 1 saturated heterocycles. The quantitative estimate of drug-likeness (QED) is 0.409. The number of nitrogen functional groups attached to an aromatic ring is 1. The van der Waals surface area contributed by atoms with Crippen LogP contribution < -0.4 is 17.2 Å². The number of aliphatic hydroxyl groups excluding tert-OH is 2. The molecule has 0 bridgehead atoms. The number of nitrogens with two attached hydrogens (primary N) is 2. The fourth-order valence-corrected chi connectivity index (χ4v) is 1.92. The average molecular weight is 267 g/mol. The molecule has 1 fully saturated rings. The van der Waals surface area contributed by atoms with E-state index in [2.05, 4.69) is 15.9 Å². The molecule has 0 radical (unpaired) electrons. The number of ether oxygens (including phenoxy) is 1. The molecule has 0 amide bonds. The molecule has 102 valence electrons. The predicted octanol–water partition coefficient (Wildman–Crippen LogP) is -3.20. The van der Waals surface area contributed by atoms with Gasteiger partial charge in [0.05, 0.1) is 6.61 Å². The first kappa shape index (κ1) is 13.4. The monoisotopic (exact) mass is 267 g/mol. The van der Waals surface area contributed by atoms with Crippen LogP contribution in [0, 0.1) is 12.3 Å². The summed E-state index contributed by atoms with van der Waals surface area (Å²) in [4.78, 5) is 18.8. The molecular weight excluding hydrogens is 254 g/mol. The van der Waals surface area contributed by atoms with Gasteiger partial charge in [0.2, 0.25) is 5.95 Å². The standard InChI is InChI=1S/C10H13N5O4/c1-2-10(12)6(17)5(3-16)19-7(10)15-4-13-8(11)14-9(15)18/h1,4-7,16-17H,3,12H2,(H2,11,14,18)/t5-,6?,7-,10-/m1/s1.